The van der Waals surface area contributed by atoms with E-state index in [-0.39, 0.29) is 17.4 Å². The lowest BCUT2D eigenvalue weighted by Gasteiger charge is -2.13. The molecule has 4 nitrogen and oxygen atoms in total. The van der Waals surface area contributed by atoms with Gasteiger partial charge in [0.2, 0.25) is 5.91 Å². The van der Waals surface area contributed by atoms with E-state index in [1.807, 2.05) is 6.07 Å². The molecule has 0 heterocycles. The number of nitrogens with two attached hydrogens (primary N) is 1. The normalized spacial score (nSPS) is 11.7. The van der Waals surface area contributed by atoms with Crippen LogP contribution in [0.3, 0.4) is 0 Å². The molecule has 1 amide bonds. The van der Waals surface area contributed by atoms with Gasteiger partial charge in [0.15, 0.2) is 0 Å². The zero-order valence-electron chi connectivity index (χ0n) is 10.5. The largest absolute Gasteiger partial charge is 0.330 e. The number of amides is 1. The molecule has 1 unspecified atom stereocenters. The number of hydrogen-bond donors (Lipinski definition) is 2. The van der Waals surface area contributed by atoms with Crippen LogP contribution in [0, 0.1) is 30.0 Å². The second kappa shape index (κ2) is 6.12. The third-order valence-corrected chi connectivity index (χ3v) is 2.78. The Kier molecular flexibility index (Phi) is 4.81. The Hall–Kier alpha value is -1.93. The van der Waals surface area contributed by atoms with Crippen molar-refractivity contribution in [3.8, 4) is 6.07 Å². The molecule has 0 aromatic heterocycles. The minimum absolute atomic E-state index is 0.180. The van der Waals surface area contributed by atoms with Crippen LogP contribution in [0.4, 0.5) is 10.1 Å². The van der Waals surface area contributed by atoms with E-state index in [1.54, 1.807) is 13.8 Å². The average molecular weight is 249 g/mol. The van der Waals surface area contributed by atoms with E-state index in [4.69, 9.17) is 11.0 Å². The molecule has 1 atom stereocenters. The first-order chi connectivity index (χ1) is 8.49. The molecule has 0 aliphatic heterocycles. The minimum Gasteiger partial charge on any atom is -0.330 e. The van der Waals surface area contributed by atoms with Gasteiger partial charge in [-0.05, 0) is 32.0 Å². The molecule has 96 valence electrons. The van der Waals surface area contributed by atoms with Crippen LogP contribution in [0.5, 0.6) is 0 Å². The van der Waals surface area contributed by atoms with Crippen LogP contribution in [0.2, 0.25) is 0 Å². The van der Waals surface area contributed by atoms with Crippen LogP contribution < -0.4 is 11.1 Å². The molecule has 0 aliphatic carbocycles. The van der Waals surface area contributed by atoms with Gasteiger partial charge in [0, 0.05) is 17.2 Å². The first kappa shape index (κ1) is 14.1. The second-order valence-electron chi connectivity index (χ2n) is 4.21. The number of nitriles is 1. The van der Waals surface area contributed by atoms with E-state index in [0.29, 0.717) is 24.2 Å². The highest BCUT2D eigenvalue weighted by Crippen LogP contribution is 2.21. The fourth-order valence-corrected chi connectivity index (χ4v) is 1.51. The standard InChI is InChI=1S/C13H16FN3O/c1-8(3-4-15)13(18)17-12-6-10(7-16)5-11(14)9(12)2/h5-6,8H,3-4,15H2,1-2H3,(H,17,18). The highest BCUT2D eigenvalue weighted by molar-refractivity contribution is 5.93. The summed E-state index contributed by atoms with van der Waals surface area (Å²) in [4.78, 5) is 11.8. The van der Waals surface area contributed by atoms with Crippen LogP contribution in [0.25, 0.3) is 0 Å². The maximum absolute atomic E-state index is 13.5. The number of hydrogen-bond acceptors (Lipinski definition) is 3. The number of nitrogens with zero attached hydrogens (tertiary/aromatic N) is 1. The fourth-order valence-electron chi connectivity index (χ4n) is 1.51. The van der Waals surface area contributed by atoms with Crippen molar-refractivity contribution in [2.24, 2.45) is 11.7 Å². The lowest BCUT2D eigenvalue weighted by Crippen LogP contribution is -2.23. The van der Waals surface area contributed by atoms with Crippen LogP contribution in [-0.4, -0.2) is 12.5 Å². The van der Waals surface area contributed by atoms with Crippen molar-refractivity contribution in [3.63, 3.8) is 0 Å². The molecule has 0 saturated heterocycles. The number of nitrogens with one attached hydrogen (secondary N) is 1. The van der Waals surface area contributed by atoms with E-state index < -0.39 is 5.82 Å². The number of anilines is 1. The summed E-state index contributed by atoms with van der Waals surface area (Å²) in [5, 5.41) is 11.4. The summed E-state index contributed by atoms with van der Waals surface area (Å²) in [6.07, 6.45) is 0.561. The quantitative estimate of drug-likeness (QED) is 0.855. The molecule has 0 saturated carbocycles. The molecule has 0 bridgehead atoms. The smallest absolute Gasteiger partial charge is 0.227 e. The van der Waals surface area contributed by atoms with E-state index in [1.165, 1.54) is 6.07 Å². The molecule has 1 aromatic rings. The molecule has 1 aromatic carbocycles. The van der Waals surface area contributed by atoms with Gasteiger partial charge in [-0.25, -0.2) is 4.39 Å². The van der Waals surface area contributed by atoms with Gasteiger partial charge in [-0.1, -0.05) is 6.92 Å². The van der Waals surface area contributed by atoms with Gasteiger partial charge in [-0.2, -0.15) is 5.26 Å². The Balaban J connectivity index is 2.94. The molecular formula is C13H16FN3O. The monoisotopic (exact) mass is 249 g/mol. The van der Waals surface area contributed by atoms with Crippen molar-refractivity contribution >= 4 is 11.6 Å². The maximum atomic E-state index is 13.5. The van der Waals surface area contributed by atoms with E-state index >= 15 is 0 Å². The Morgan fingerprint density at radius 2 is 2.28 bits per heavy atom. The third kappa shape index (κ3) is 3.28. The molecule has 5 heteroatoms. The van der Waals surface area contributed by atoms with E-state index in [0.717, 1.165) is 6.07 Å². The van der Waals surface area contributed by atoms with Gasteiger partial charge in [0.1, 0.15) is 5.82 Å². The number of benzene rings is 1. The summed E-state index contributed by atoms with van der Waals surface area (Å²) in [6, 6.07) is 4.46. The molecular weight excluding hydrogens is 233 g/mol. The number of carbonyl (C=O) groups excluding carboxylic acids is 1. The number of carbonyl (C=O) groups is 1. The summed E-state index contributed by atoms with van der Waals surface area (Å²) in [5.74, 6) is -0.975. The topological polar surface area (TPSA) is 78.9 Å². The van der Waals surface area contributed by atoms with Crippen LogP contribution in [-0.2, 0) is 4.79 Å². The SMILES string of the molecule is Cc1c(F)cc(C#N)cc1NC(=O)C(C)CCN. The Morgan fingerprint density at radius 3 is 2.83 bits per heavy atom. The first-order valence-corrected chi connectivity index (χ1v) is 5.70. The predicted octanol–water partition coefficient (Wildman–Crippen LogP) is 1.93. The predicted molar refractivity (Wildman–Crippen MR) is 67.3 cm³/mol. The second-order valence-corrected chi connectivity index (χ2v) is 4.21. The van der Waals surface area contributed by atoms with Crippen LogP contribution >= 0.6 is 0 Å². The van der Waals surface area contributed by atoms with Gasteiger partial charge in [-0.3, -0.25) is 4.79 Å². The molecule has 1 rings (SSSR count). The molecule has 0 aliphatic rings. The van der Waals surface area contributed by atoms with Crippen molar-refractivity contribution in [1.82, 2.24) is 0 Å². The van der Waals surface area contributed by atoms with Crippen LogP contribution in [0.1, 0.15) is 24.5 Å². The van der Waals surface area contributed by atoms with Crippen molar-refractivity contribution in [2.45, 2.75) is 20.3 Å². The fraction of sp³-hybridized carbons (Fsp3) is 0.385. The first-order valence-electron chi connectivity index (χ1n) is 5.70. The van der Waals surface area contributed by atoms with Gasteiger partial charge < -0.3 is 11.1 Å². The van der Waals surface area contributed by atoms with Crippen molar-refractivity contribution in [2.75, 3.05) is 11.9 Å². The Morgan fingerprint density at radius 1 is 1.61 bits per heavy atom. The van der Waals surface area contributed by atoms with Gasteiger partial charge in [-0.15, -0.1) is 0 Å². The number of halogens is 1. The van der Waals surface area contributed by atoms with Crippen molar-refractivity contribution in [1.29, 1.82) is 5.26 Å². The van der Waals surface area contributed by atoms with Crippen LogP contribution in [0.15, 0.2) is 12.1 Å². The summed E-state index contributed by atoms with van der Waals surface area (Å²) < 4.78 is 13.5. The van der Waals surface area contributed by atoms with Gasteiger partial charge >= 0.3 is 0 Å². The maximum Gasteiger partial charge on any atom is 0.227 e. The third-order valence-electron chi connectivity index (χ3n) is 2.78. The molecule has 3 N–H and O–H groups in total. The summed E-state index contributed by atoms with van der Waals surface area (Å²) in [7, 11) is 0. The highest BCUT2D eigenvalue weighted by atomic mass is 19.1. The molecule has 0 spiro atoms. The van der Waals surface area contributed by atoms with Gasteiger partial charge in [0.25, 0.3) is 0 Å². The summed E-state index contributed by atoms with van der Waals surface area (Å²) in [5.41, 5.74) is 6.21. The average Bonchev–Trinajstić information content (AvgIpc) is 2.34. The minimum atomic E-state index is -0.504. The van der Waals surface area contributed by atoms with E-state index in [9.17, 15) is 9.18 Å². The zero-order valence-corrected chi connectivity index (χ0v) is 10.5. The van der Waals surface area contributed by atoms with Crippen molar-refractivity contribution in [3.05, 3.63) is 29.1 Å². The Labute approximate surface area is 106 Å². The van der Waals surface area contributed by atoms with Crippen molar-refractivity contribution < 1.29 is 9.18 Å². The highest BCUT2D eigenvalue weighted by Gasteiger charge is 2.15. The molecule has 0 fully saturated rings. The van der Waals surface area contributed by atoms with E-state index in [2.05, 4.69) is 5.32 Å². The zero-order chi connectivity index (χ0) is 13.7. The summed E-state index contributed by atoms with van der Waals surface area (Å²) in [6.45, 7) is 3.72. The Bertz CT molecular complexity index is 494. The molecule has 18 heavy (non-hydrogen) atoms. The van der Waals surface area contributed by atoms with Gasteiger partial charge in [0.05, 0.1) is 11.6 Å². The lowest BCUT2D eigenvalue weighted by atomic mass is 10.1. The summed E-state index contributed by atoms with van der Waals surface area (Å²) >= 11 is 0. The lowest BCUT2D eigenvalue weighted by molar-refractivity contribution is -0.119. The number of rotatable bonds is 4. The molecule has 0 radical (unpaired) electrons.